The molecule has 3 rings (SSSR count). The molecule has 0 unspecified atom stereocenters. The number of carbonyl (C=O) groups excluding carboxylic acids is 1. The average molecular weight is 301 g/mol. The SMILES string of the molecule is Cc1nc([C@@H]2CCCN(C(=O)c3ccccn3)C2)sc1C. The van der Waals surface area contributed by atoms with Gasteiger partial charge in [0, 0.05) is 30.1 Å². The minimum atomic E-state index is 0.0327. The Morgan fingerprint density at radius 3 is 2.90 bits per heavy atom. The highest BCUT2D eigenvalue weighted by atomic mass is 32.1. The molecule has 110 valence electrons. The van der Waals surface area contributed by atoms with Crippen molar-refractivity contribution in [3.05, 3.63) is 45.7 Å². The van der Waals surface area contributed by atoms with E-state index in [1.165, 1.54) is 9.88 Å². The first-order valence-corrected chi connectivity index (χ1v) is 8.11. The van der Waals surface area contributed by atoms with E-state index in [1.807, 2.05) is 17.0 Å². The van der Waals surface area contributed by atoms with Gasteiger partial charge in [-0.3, -0.25) is 9.78 Å². The van der Waals surface area contributed by atoms with Crippen LogP contribution in [0.2, 0.25) is 0 Å². The van der Waals surface area contributed by atoms with Gasteiger partial charge in [-0.2, -0.15) is 0 Å². The van der Waals surface area contributed by atoms with Gasteiger partial charge < -0.3 is 4.90 Å². The second kappa shape index (κ2) is 5.93. The third kappa shape index (κ3) is 2.97. The smallest absolute Gasteiger partial charge is 0.272 e. The topological polar surface area (TPSA) is 46.1 Å². The fraction of sp³-hybridized carbons (Fsp3) is 0.438. The number of likely N-dealkylation sites (tertiary alicyclic amines) is 1. The Morgan fingerprint density at radius 2 is 2.24 bits per heavy atom. The van der Waals surface area contributed by atoms with E-state index in [2.05, 4.69) is 23.8 Å². The zero-order valence-electron chi connectivity index (χ0n) is 12.4. The molecule has 4 nitrogen and oxygen atoms in total. The maximum absolute atomic E-state index is 12.5. The highest BCUT2D eigenvalue weighted by Crippen LogP contribution is 2.31. The van der Waals surface area contributed by atoms with Crippen LogP contribution in [0.25, 0.3) is 0 Å². The Kier molecular flexibility index (Phi) is 4.01. The van der Waals surface area contributed by atoms with E-state index in [-0.39, 0.29) is 5.91 Å². The summed E-state index contributed by atoms with van der Waals surface area (Å²) >= 11 is 1.77. The van der Waals surface area contributed by atoms with E-state index < -0.39 is 0 Å². The van der Waals surface area contributed by atoms with E-state index in [4.69, 9.17) is 0 Å². The Labute approximate surface area is 128 Å². The van der Waals surface area contributed by atoms with Crippen LogP contribution in [0.1, 0.15) is 44.8 Å². The Morgan fingerprint density at radius 1 is 1.38 bits per heavy atom. The molecule has 0 spiro atoms. The molecule has 0 bridgehead atoms. The number of thiazole rings is 1. The highest BCUT2D eigenvalue weighted by Gasteiger charge is 2.27. The van der Waals surface area contributed by atoms with Gasteiger partial charge in [0.15, 0.2) is 0 Å². The lowest BCUT2D eigenvalue weighted by Gasteiger charge is -2.31. The van der Waals surface area contributed by atoms with Crippen molar-refractivity contribution in [3.63, 3.8) is 0 Å². The number of aryl methyl sites for hydroxylation is 2. The lowest BCUT2D eigenvalue weighted by molar-refractivity contribution is 0.0701. The van der Waals surface area contributed by atoms with Crippen molar-refractivity contribution in [2.45, 2.75) is 32.6 Å². The molecule has 1 aliphatic heterocycles. The van der Waals surface area contributed by atoms with Crippen molar-refractivity contribution in [1.29, 1.82) is 0 Å². The van der Waals surface area contributed by atoms with Crippen molar-refractivity contribution in [2.24, 2.45) is 0 Å². The van der Waals surface area contributed by atoms with E-state index in [0.29, 0.717) is 11.6 Å². The van der Waals surface area contributed by atoms with Gasteiger partial charge in [0.2, 0.25) is 0 Å². The summed E-state index contributed by atoms with van der Waals surface area (Å²) in [6.45, 7) is 5.72. The number of carbonyl (C=O) groups is 1. The average Bonchev–Trinajstić information content (AvgIpc) is 2.87. The molecule has 1 saturated heterocycles. The van der Waals surface area contributed by atoms with Gasteiger partial charge in [-0.25, -0.2) is 4.98 Å². The number of rotatable bonds is 2. The van der Waals surface area contributed by atoms with Crippen molar-refractivity contribution in [3.8, 4) is 0 Å². The number of amides is 1. The molecule has 21 heavy (non-hydrogen) atoms. The van der Waals surface area contributed by atoms with Crippen LogP contribution in [0.15, 0.2) is 24.4 Å². The summed E-state index contributed by atoms with van der Waals surface area (Å²) in [6, 6.07) is 5.47. The van der Waals surface area contributed by atoms with Crippen molar-refractivity contribution in [1.82, 2.24) is 14.9 Å². The molecule has 1 atom stereocenters. The predicted octanol–water partition coefficient (Wildman–Crippen LogP) is 3.17. The fourth-order valence-electron chi connectivity index (χ4n) is 2.69. The molecular weight excluding hydrogens is 282 g/mol. The molecule has 0 saturated carbocycles. The van der Waals surface area contributed by atoms with Gasteiger partial charge in [-0.15, -0.1) is 11.3 Å². The quantitative estimate of drug-likeness (QED) is 0.856. The van der Waals surface area contributed by atoms with Gasteiger partial charge in [-0.1, -0.05) is 6.07 Å². The largest absolute Gasteiger partial charge is 0.337 e. The summed E-state index contributed by atoms with van der Waals surface area (Å²) < 4.78 is 0. The maximum atomic E-state index is 12.5. The van der Waals surface area contributed by atoms with Crippen LogP contribution in [-0.4, -0.2) is 33.9 Å². The minimum absolute atomic E-state index is 0.0327. The Balaban J connectivity index is 1.75. The lowest BCUT2D eigenvalue weighted by Crippen LogP contribution is -2.39. The van der Waals surface area contributed by atoms with E-state index in [9.17, 15) is 4.79 Å². The van der Waals surface area contributed by atoms with Gasteiger partial charge in [-0.05, 0) is 38.8 Å². The van der Waals surface area contributed by atoms with Crippen LogP contribution < -0.4 is 0 Å². The summed E-state index contributed by atoms with van der Waals surface area (Å²) in [5, 5.41) is 1.17. The van der Waals surface area contributed by atoms with Crippen LogP contribution in [0.5, 0.6) is 0 Å². The summed E-state index contributed by atoms with van der Waals surface area (Å²) in [4.78, 5) is 24.5. The molecule has 0 N–H and O–H groups in total. The first-order valence-electron chi connectivity index (χ1n) is 7.29. The second-order valence-electron chi connectivity index (χ2n) is 5.50. The molecule has 0 radical (unpaired) electrons. The molecule has 5 heteroatoms. The van der Waals surface area contributed by atoms with E-state index in [1.54, 1.807) is 23.6 Å². The molecule has 3 heterocycles. The van der Waals surface area contributed by atoms with E-state index in [0.717, 1.165) is 31.6 Å². The molecule has 1 amide bonds. The minimum Gasteiger partial charge on any atom is -0.337 e. The molecule has 0 aromatic carbocycles. The molecule has 2 aromatic rings. The van der Waals surface area contributed by atoms with Crippen molar-refractivity contribution in [2.75, 3.05) is 13.1 Å². The summed E-state index contributed by atoms with van der Waals surface area (Å²) in [5.41, 5.74) is 1.65. The number of piperidine rings is 1. The molecule has 1 aliphatic rings. The van der Waals surface area contributed by atoms with Gasteiger partial charge in [0.1, 0.15) is 5.69 Å². The summed E-state index contributed by atoms with van der Waals surface area (Å²) in [6.07, 6.45) is 3.81. The maximum Gasteiger partial charge on any atom is 0.272 e. The number of hydrogen-bond donors (Lipinski definition) is 0. The normalized spacial score (nSPS) is 18.8. The standard InChI is InChI=1S/C16H19N3OS/c1-11-12(2)21-15(18-11)13-6-5-9-19(10-13)16(20)14-7-3-4-8-17-14/h3-4,7-8,13H,5-6,9-10H2,1-2H3/t13-/m1/s1. The van der Waals surface area contributed by atoms with Gasteiger partial charge in [0.25, 0.3) is 5.91 Å². The molecular formula is C16H19N3OS. The van der Waals surface area contributed by atoms with Crippen LogP contribution in [0.4, 0.5) is 0 Å². The second-order valence-corrected chi connectivity index (χ2v) is 6.73. The number of aromatic nitrogens is 2. The first kappa shape index (κ1) is 14.2. The molecule has 0 aliphatic carbocycles. The lowest BCUT2D eigenvalue weighted by atomic mass is 9.98. The van der Waals surface area contributed by atoms with Crippen LogP contribution in [0.3, 0.4) is 0 Å². The number of pyridine rings is 1. The monoisotopic (exact) mass is 301 g/mol. The highest BCUT2D eigenvalue weighted by molar-refractivity contribution is 7.11. The van der Waals surface area contributed by atoms with Crippen LogP contribution in [-0.2, 0) is 0 Å². The van der Waals surface area contributed by atoms with Crippen LogP contribution in [0, 0.1) is 13.8 Å². The zero-order valence-corrected chi connectivity index (χ0v) is 13.2. The Hall–Kier alpha value is -1.75. The zero-order chi connectivity index (χ0) is 14.8. The van der Waals surface area contributed by atoms with Crippen LogP contribution >= 0.6 is 11.3 Å². The van der Waals surface area contributed by atoms with E-state index >= 15 is 0 Å². The molecule has 1 fully saturated rings. The van der Waals surface area contributed by atoms with Crippen molar-refractivity contribution < 1.29 is 4.79 Å². The predicted molar refractivity (Wildman–Crippen MR) is 83.7 cm³/mol. The van der Waals surface area contributed by atoms with Gasteiger partial charge in [0.05, 0.1) is 10.7 Å². The third-order valence-corrected chi connectivity index (χ3v) is 5.22. The summed E-state index contributed by atoms with van der Waals surface area (Å²) in [7, 11) is 0. The number of hydrogen-bond acceptors (Lipinski definition) is 4. The summed E-state index contributed by atoms with van der Waals surface area (Å²) in [5.74, 6) is 0.397. The van der Waals surface area contributed by atoms with Crippen molar-refractivity contribution >= 4 is 17.2 Å². The number of nitrogens with zero attached hydrogens (tertiary/aromatic N) is 3. The Bertz CT molecular complexity index is 619. The molecule has 2 aromatic heterocycles. The first-order chi connectivity index (χ1) is 10.1. The van der Waals surface area contributed by atoms with Gasteiger partial charge >= 0.3 is 0 Å². The fourth-order valence-corrected chi connectivity index (χ4v) is 3.74. The third-order valence-electron chi connectivity index (χ3n) is 3.99.